The Balaban J connectivity index is 3.20. The molecule has 0 bridgehead atoms. The molecule has 0 N–H and O–H groups in total. The molecule has 0 saturated heterocycles. The molecule has 0 atom stereocenters. The molecule has 1 rings (SSSR count). The summed E-state index contributed by atoms with van der Waals surface area (Å²) in [6, 6.07) is 1.97. The Morgan fingerprint density at radius 1 is 1.25 bits per heavy atom. The summed E-state index contributed by atoms with van der Waals surface area (Å²) in [4.78, 5) is 0. The predicted molar refractivity (Wildman–Crippen MR) is 65.4 cm³/mol. The number of alkyl halides is 3. The second kappa shape index (κ2) is 5.99. The molecule has 0 unspecified atom stereocenters. The molecule has 0 fully saturated rings. The molecular weight excluding hydrogens is 300 g/mol. The minimum atomic E-state index is -5.75. The fraction of sp³-hybridized carbons (Fsp3) is 0.500. The fourth-order valence-electron chi connectivity index (χ4n) is 1.50. The smallest absolute Gasteiger partial charge is 0.376 e. The first-order chi connectivity index (χ1) is 9.08. The predicted octanol–water partition coefficient (Wildman–Crippen LogP) is 3.71. The van der Waals surface area contributed by atoms with Gasteiger partial charge in [0.25, 0.3) is 0 Å². The van der Waals surface area contributed by atoms with Gasteiger partial charge in [-0.25, -0.2) is 4.39 Å². The SMILES string of the molecule is CCCCc1cc(F)c(C)cc1OS(=O)(=O)C(F)(F)F. The standard InChI is InChI=1S/C12H14F4O3S/c1-3-4-5-9-7-10(13)8(2)6-11(9)19-20(17,18)12(14,15)16/h6-7H,3-5H2,1-2H3. The van der Waals surface area contributed by atoms with Crippen molar-refractivity contribution in [3.8, 4) is 5.75 Å². The van der Waals surface area contributed by atoms with Crippen LogP contribution in [0.25, 0.3) is 0 Å². The van der Waals surface area contributed by atoms with Crippen molar-refractivity contribution in [2.75, 3.05) is 0 Å². The number of benzene rings is 1. The summed E-state index contributed by atoms with van der Waals surface area (Å²) in [6.45, 7) is 3.16. The lowest BCUT2D eigenvalue weighted by Crippen LogP contribution is -2.28. The molecule has 0 aromatic heterocycles. The highest BCUT2D eigenvalue weighted by molar-refractivity contribution is 7.88. The van der Waals surface area contributed by atoms with Crippen LogP contribution in [0.3, 0.4) is 0 Å². The van der Waals surface area contributed by atoms with Gasteiger partial charge in [0.05, 0.1) is 0 Å². The maximum atomic E-state index is 13.4. The summed E-state index contributed by atoms with van der Waals surface area (Å²) >= 11 is 0. The van der Waals surface area contributed by atoms with Crippen LogP contribution in [-0.2, 0) is 16.5 Å². The fourth-order valence-corrected chi connectivity index (χ4v) is 1.99. The summed E-state index contributed by atoms with van der Waals surface area (Å²) in [5.74, 6) is -1.09. The Labute approximate surface area is 114 Å². The third kappa shape index (κ3) is 3.84. The molecule has 0 aliphatic heterocycles. The second-order valence-corrected chi connectivity index (χ2v) is 5.83. The summed E-state index contributed by atoms with van der Waals surface area (Å²) in [5.41, 5.74) is -5.41. The van der Waals surface area contributed by atoms with Gasteiger partial charge in [-0.3, -0.25) is 0 Å². The molecule has 114 valence electrons. The van der Waals surface area contributed by atoms with Crippen molar-refractivity contribution in [1.29, 1.82) is 0 Å². The van der Waals surface area contributed by atoms with Crippen LogP contribution in [-0.4, -0.2) is 13.9 Å². The number of hydrogen-bond donors (Lipinski definition) is 0. The highest BCUT2D eigenvalue weighted by Gasteiger charge is 2.48. The van der Waals surface area contributed by atoms with Crippen molar-refractivity contribution >= 4 is 10.1 Å². The van der Waals surface area contributed by atoms with Crippen LogP contribution in [0.15, 0.2) is 12.1 Å². The lowest BCUT2D eigenvalue weighted by atomic mass is 10.1. The number of halogens is 4. The van der Waals surface area contributed by atoms with Crippen molar-refractivity contribution in [3.63, 3.8) is 0 Å². The van der Waals surface area contributed by atoms with Gasteiger partial charge in [0.1, 0.15) is 11.6 Å². The van der Waals surface area contributed by atoms with Crippen LogP contribution >= 0.6 is 0 Å². The van der Waals surface area contributed by atoms with E-state index in [0.717, 1.165) is 18.6 Å². The largest absolute Gasteiger partial charge is 0.534 e. The third-order valence-corrected chi connectivity index (χ3v) is 3.59. The summed E-state index contributed by atoms with van der Waals surface area (Å²) in [5, 5.41) is 0. The van der Waals surface area contributed by atoms with E-state index in [1.165, 1.54) is 6.92 Å². The minimum absolute atomic E-state index is 0.0117. The Morgan fingerprint density at radius 3 is 2.35 bits per heavy atom. The van der Waals surface area contributed by atoms with E-state index in [1.807, 2.05) is 6.92 Å². The minimum Gasteiger partial charge on any atom is -0.376 e. The van der Waals surface area contributed by atoms with Gasteiger partial charge in [0, 0.05) is 0 Å². The van der Waals surface area contributed by atoms with Gasteiger partial charge in [-0.15, -0.1) is 0 Å². The maximum Gasteiger partial charge on any atom is 0.534 e. The molecule has 0 radical (unpaired) electrons. The van der Waals surface area contributed by atoms with Crippen molar-refractivity contribution in [2.24, 2.45) is 0 Å². The summed E-state index contributed by atoms with van der Waals surface area (Å²) < 4.78 is 76.4. The molecule has 0 spiro atoms. The van der Waals surface area contributed by atoms with E-state index in [-0.39, 0.29) is 17.5 Å². The maximum absolute atomic E-state index is 13.4. The first kappa shape index (κ1) is 16.7. The second-order valence-electron chi connectivity index (χ2n) is 4.30. The Kier molecular flexibility index (Phi) is 5.01. The van der Waals surface area contributed by atoms with E-state index in [2.05, 4.69) is 4.18 Å². The molecule has 0 aliphatic carbocycles. The number of rotatable bonds is 5. The number of unbranched alkanes of at least 4 members (excludes halogenated alkanes) is 1. The molecule has 0 amide bonds. The molecule has 20 heavy (non-hydrogen) atoms. The van der Waals surface area contributed by atoms with E-state index < -0.39 is 27.2 Å². The van der Waals surface area contributed by atoms with Gasteiger partial charge in [-0.05, 0) is 43.0 Å². The highest BCUT2D eigenvalue weighted by atomic mass is 32.2. The Hall–Kier alpha value is -1.31. The quantitative estimate of drug-likeness (QED) is 0.473. The van der Waals surface area contributed by atoms with E-state index in [1.54, 1.807) is 0 Å². The number of aryl methyl sites for hydroxylation is 2. The number of hydrogen-bond acceptors (Lipinski definition) is 3. The van der Waals surface area contributed by atoms with E-state index in [0.29, 0.717) is 6.42 Å². The van der Waals surface area contributed by atoms with Crippen LogP contribution in [0.5, 0.6) is 5.75 Å². The van der Waals surface area contributed by atoms with Gasteiger partial charge in [0.15, 0.2) is 0 Å². The molecule has 8 heteroatoms. The lowest BCUT2D eigenvalue weighted by Gasteiger charge is -2.14. The van der Waals surface area contributed by atoms with Crippen molar-refractivity contribution in [3.05, 3.63) is 29.1 Å². The normalized spacial score (nSPS) is 12.5. The van der Waals surface area contributed by atoms with Gasteiger partial charge in [-0.1, -0.05) is 13.3 Å². The first-order valence-corrected chi connectivity index (χ1v) is 7.29. The average Bonchev–Trinajstić information content (AvgIpc) is 2.30. The van der Waals surface area contributed by atoms with E-state index in [4.69, 9.17) is 0 Å². The van der Waals surface area contributed by atoms with Gasteiger partial charge in [-0.2, -0.15) is 21.6 Å². The van der Waals surface area contributed by atoms with E-state index >= 15 is 0 Å². The molecule has 0 heterocycles. The highest BCUT2D eigenvalue weighted by Crippen LogP contribution is 2.31. The van der Waals surface area contributed by atoms with Gasteiger partial charge in [0.2, 0.25) is 0 Å². The Morgan fingerprint density at radius 2 is 1.85 bits per heavy atom. The topological polar surface area (TPSA) is 43.4 Å². The van der Waals surface area contributed by atoms with Gasteiger partial charge >= 0.3 is 15.6 Å². The van der Waals surface area contributed by atoms with Crippen LogP contribution in [0.4, 0.5) is 17.6 Å². The van der Waals surface area contributed by atoms with Crippen LogP contribution in [0.2, 0.25) is 0 Å². The van der Waals surface area contributed by atoms with Crippen molar-refractivity contribution in [2.45, 2.75) is 38.6 Å². The molecule has 0 aliphatic rings. The lowest BCUT2D eigenvalue weighted by molar-refractivity contribution is -0.0500. The van der Waals surface area contributed by atoms with Crippen LogP contribution in [0, 0.1) is 12.7 Å². The van der Waals surface area contributed by atoms with Gasteiger partial charge < -0.3 is 4.18 Å². The zero-order valence-electron chi connectivity index (χ0n) is 10.9. The van der Waals surface area contributed by atoms with Crippen LogP contribution < -0.4 is 4.18 Å². The monoisotopic (exact) mass is 314 g/mol. The summed E-state index contributed by atoms with van der Waals surface area (Å²) in [7, 11) is -5.75. The van der Waals surface area contributed by atoms with E-state index in [9.17, 15) is 26.0 Å². The van der Waals surface area contributed by atoms with Crippen molar-refractivity contribution in [1.82, 2.24) is 0 Å². The molecule has 0 saturated carbocycles. The van der Waals surface area contributed by atoms with Crippen molar-refractivity contribution < 1.29 is 30.2 Å². The molecular formula is C12H14F4O3S. The molecule has 1 aromatic carbocycles. The first-order valence-electron chi connectivity index (χ1n) is 5.88. The Bertz CT molecular complexity index is 579. The summed E-state index contributed by atoms with van der Waals surface area (Å²) in [6.07, 6.45) is 1.53. The molecule has 1 aromatic rings. The van der Waals surface area contributed by atoms with Crippen LogP contribution in [0.1, 0.15) is 30.9 Å². The third-order valence-electron chi connectivity index (χ3n) is 2.62. The zero-order valence-corrected chi connectivity index (χ0v) is 11.7. The zero-order chi connectivity index (χ0) is 15.6. The molecule has 3 nitrogen and oxygen atoms in total. The average molecular weight is 314 g/mol.